The van der Waals surface area contributed by atoms with E-state index in [1.54, 1.807) is 0 Å². The van der Waals surface area contributed by atoms with Crippen LogP contribution in [0.25, 0.3) is 0 Å². The topological polar surface area (TPSA) is 71.1 Å². The van der Waals surface area contributed by atoms with Gasteiger partial charge in [0.25, 0.3) is 0 Å². The highest BCUT2D eigenvalue weighted by Crippen LogP contribution is 2.38. The van der Waals surface area contributed by atoms with Gasteiger partial charge < -0.3 is 18.9 Å². The van der Waals surface area contributed by atoms with Gasteiger partial charge >= 0.3 is 11.9 Å². The lowest BCUT2D eigenvalue weighted by Gasteiger charge is -2.12. The maximum Gasteiger partial charge on any atom is 0.353 e. The van der Waals surface area contributed by atoms with Crippen LogP contribution in [0.5, 0.6) is 0 Å². The summed E-state index contributed by atoms with van der Waals surface area (Å²) in [5.41, 5.74) is 0. The van der Waals surface area contributed by atoms with Crippen molar-refractivity contribution < 1.29 is 28.5 Å². The van der Waals surface area contributed by atoms with Gasteiger partial charge in [0.15, 0.2) is 0 Å². The first-order chi connectivity index (χ1) is 10.5. The highest BCUT2D eigenvalue weighted by Gasteiger charge is 2.35. The van der Waals surface area contributed by atoms with E-state index in [9.17, 15) is 9.59 Å². The van der Waals surface area contributed by atoms with Gasteiger partial charge in [0.1, 0.15) is 10.1 Å². The predicted molar refractivity (Wildman–Crippen MR) is 84.5 cm³/mol. The maximum atomic E-state index is 11.4. The third-order valence-corrected chi connectivity index (χ3v) is 6.10. The first-order valence-corrected chi connectivity index (χ1v) is 8.74. The molecule has 2 rings (SSSR count). The van der Waals surface area contributed by atoms with Crippen LogP contribution >= 0.6 is 46.7 Å². The van der Waals surface area contributed by atoms with E-state index in [4.69, 9.17) is 42.1 Å². The number of ether oxygens (including phenoxy) is 4. The Kier molecular flexibility index (Phi) is 6.48. The van der Waals surface area contributed by atoms with Crippen LogP contribution in [-0.4, -0.2) is 50.2 Å². The van der Waals surface area contributed by atoms with Gasteiger partial charge in [0, 0.05) is 25.7 Å². The molecule has 2 unspecified atom stereocenters. The van der Waals surface area contributed by atoms with Gasteiger partial charge in [-0.3, -0.25) is 0 Å². The maximum absolute atomic E-state index is 11.4. The van der Waals surface area contributed by atoms with E-state index in [0.29, 0.717) is 21.3 Å². The molecule has 0 spiro atoms. The summed E-state index contributed by atoms with van der Waals surface area (Å²) in [6, 6.07) is 0. The van der Waals surface area contributed by atoms with Gasteiger partial charge in [-0.05, 0) is 0 Å². The molecule has 0 radical (unpaired) electrons. The quantitative estimate of drug-likeness (QED) is 0.487. The molecule has 0 fully saturated rings. The molecule has 0 aromatic rings. The molecule has 122 valence electrons. The average molecular weight is 387 g/mol. The van der Waals surface area contributed by atoms with E-state index in [1.165, 1.54) is 37.7 Å². The number of carbonyl (C=O) groups excluding carboxylic acids is 2. The third kappa shape index (κ3) is 3.74. The van der Waals surface area contributed by atoms with Gasteiger partial charge in [0.05, 0.1) is 9.81 Å². The molecule has 0 aliphatic carbocycles. The normalized spacial score (nSPS) is 25.1. The Morgan fingerprint density at radius 3 is 1.59 bits per heavy atom. The Morgan fingerprint density at radius 2 is 1.27 bits per heavy atom. The number of hydrogen-bond acceptors (Lipinski definition) is 8. The molecule has 0 N–H and O–H groups in total. The highest BCUT2D eigenvalue weighted by atomic mass is 35.5. The molecule has 6 nitrogen and oxygen atoms in total. The summed E-state index contributed by atoms with van der Waals surface area (Å²) in [5, 5.41) is 0.0708. The van der Waals surface area contributed by atoms with Crippen molar-refractivity contribution in [3.8, 4) is 0 Å². The Morgan fingerprint density at radius 1 is 0.909 bits per heavy atom. The SMILES string of the molecule is COC1OC(=O)C(Cl)=C1SCCSC1=C(Cl)C(=O)OC1OC. The van der Waals surface area contributed by atoms with Gasteiger partial charge in [-0.2, -0.15) is 0 Å². The summed E-state index contributed by atoms with van der Waals surface area (Å²) in [5.74, 6) is 0.0167. The van der Waals surface area contributed by atoms with Crippen molar-refractivity contribution in [2.24, 2.45) is 0 Å². The smallest absolute Gasteiger partial charge is 0.353 e. The number of methoxy groups -OCH3 is 2. The van der Waals surface area contributed by atoms with Crippen molar-refractivity contribution in [2.45, 2.75) is 12.6 Å². The summed E-state index contributed by atoms with van der Waals surface area (Å²) in [6.07, 6.45) is -1.53. The Balaban J connectivity index is 1.87. The number of hydrogen-bond donors (Lipinski definition) is 0. The minimum absolute atomic E-state index is 0.0354. The summed E-state index contributed by atoms with van der Waals surface area (Å²) in [6.45, 7) is 0. The summed E-state index contributed by atoms with van der Waals surface area (Å²) in [7, 11) is 2.86. The number of thioether (sulfide) groups is 2. The van der Waals surface area contributed by atoms with Crippen LogP contribution in [0.4, 0.5) is 0 Å². The molecule has 0 bridgehead atoms. The number of carbonyl (C=O) groups is 2. The van der Waals surface area contributed by atoms with Crippen LogP contribution < -0.4 is 0 Å². The molecule has 22 heavy (non-hydrogen) atoms. The fraction of sp³-hybridized carbons (Fsp3) is 0.500. The predicted octanol–water partition coefficient (Wildman–Crippen LogP) is 2.41. The van der Waals surface area contributed by atoms with Crippen molar-refractivity contribution in [3.63, 3.8) is 0 Å². The molecule has 0 saturated heterocycles. The second kappa shape index (κ2) is 7.94. The molecule has 0 amide bonds. The first kappa shape index (κ1) is 18.0. The Hall–Kier alpha value is -0.380. The van der Waals surface area contributed by atoms with Crippen LogP contribution in [0.15, 0.2) is 19.9 Å². The number of rotatable bonds is 7. The zero-order chi connectivity index (χ0) is 16.3. The molecule has 2 aliphatic rings. The molecule has 2 aliphatic heterocycles. The van der Waals surface area contributed by atoms with Crippen molar-refractivity contribution >= 4 is 58.7 Å². The first-order valence-electron chi connectivity index (χ1n) is 6.02. The van der Waals surface area contributed by atoms with Gasteiger partial charge in [0.2, 0.25) is 12.6 Å². The zero-order valence-corrected chi connectivity index (χ0v) is 14.7. The molecule has 0 aromatic heterocycles. The third-order valence-electron chi connectivity index (χ3n) is 2.67. The fourth-order valence-electron chi connectivity index (χ4n) is 1.69. The Labute approximate surface area is 145 Å². The second-order valence-electron chi connectivity index (χ2n) is 4.00. The van der Waals surface area contributed by atoms with E-state index in [-0.39, 0.29) is 10.1 Å². The lowest BCUT2D eigenvalue weighted by Crippen LogP contribution is -2.13. The van der Waals surface area contributed by atoms with E-state index in [2.05, 4.69) is 0 Å². The van der Waals surface area contributed by atoms with Crippen LogP contribution in [-0.2, 0) is 28.5 Å². The van der Waals surface area contributed by atoms with Gasteiger partial charge in [-0.15, -0.1) is 23.5 Å². The van der Waals surface area contributed by atoms with E-state index in [0.717, 1.165) is 0 Å². The zero-order valence-electron chi connectivity index (χ0n) is 11.6. The summed E-state index contributed by atoms with van der Waals surface area (Å²) >= 11 is 14.5. The average Bonchev–Trinajstić information content (AvgIpc) is 2.94. The standard InChI is InChI=1S/C12H12Cl2O6S2/c1-17-11-7(5(13)9(15)19-11)21-3-4-22-8-6(14)10(16)20-12(8)18-2/h11-12H,3-4H2,1-2H3. The largest absolute Gasteiger partial charge is 0.426 e. The molecular formula is C12H12Cl2O6S2. The molecule has 0 saturated carbocycles. The van der Waals surface area contributed by atoms with Crippen molar-refractivity contribution in [2.75, 3.05) is 25.7 Å². The van der Waals surface area contributed by atoms with Crippen molar-refractivity contribution in [3.05, 3.63) is 19.9 Å². The second-order valence-corrected chi connectivity index (χ2v) is 7.03. The molecule has 0 aromatic carbocycles. The number of cyclic esters (lactones) is 2. The van der Waals surface area contributed by atoms with Crippen LogP contribution in [0.2, 0.25) is 0 Å². The minimum Gasteiger partial charge on any atom is -0.426 e. The molecule has 10 heteroatoms. The van der Waals surface area contributed by atoms with E-state index >= 15 is 0 Å². The summed E-state index contributed by atoms with van der Waals surface area (Å²) < 4.78 is 19.9. The van der Waals surface area contributed by atoms with Gasteiger partial charge in [-0.25, -0.2) is 9.59 Å². The minimum atomic E-state index is -0.763. The fourth-order valence-corrected chi connectivity index (χ4v) is 4.37. The lowest BCUT2D eigenvalue weighted by molar-refractivity contribution is -0.155. The van der Waals surface area contributed by atoms with E-state index < -0.39 is 24.5 Å². The lowest BCUT2D eigenvalue weighted by atomic mass is 10.5. The van der Waals surface area contributed by atoms with Gasteiger partial charge in [-0.1, -0.05) is 23.2 Å². The molecule has 2 heterocycles. The Bertz CT molecular complexity index is 500. The van der Waals surface area contributed by atoms with Crippen LogP contribution in [0, 0.1) is 0 Å². The number of halogens is 2. The number of esters is 2. The summed E-state index contributed by atoms with van der Waals surface area (Å²) in [4.78, 5) is 23.8. The molecule has 2 atom stereocenters. The van der Waals surface area contributed by atoms with Crippen LogP contribution in [0.3, 0.4) is 0 Å². The monoisotopic (exact) mass is 386 g/mol. The van der Waals surface area contributed by atoms with E-state index in [1.807, 2.05) is 0 Å². The van der Waals surface area contributed by atoms with Crippen molar-refractivity contribution in [1.82, 2.24) is 0 Å². The molecular weight excluding hydrogens is 375 g/mol. The highest BCUT2D eigenvalue weighted by molar-refractivity contribution is 8.06. The van der Waals surface area contributed by atoms with Crippen LogP contribution in [0.1, 0.15) is 0 Å². The van der Waals surface area contributed by atoms with Crippen molar-refractivity contribution in [1.29, 1.82) is 0 Å².